The first-order valence-electron chi connectivity index (χ1n) is 7.57. The molecule has 0 amide bonds. The Labute approximate surface area is 132 Å². The highest BCUT2D eigenvalue weighted by Crippen LogP contribution is 2.31. The summed E-state index contributed by atoms with van der Waals surface area (Å²) in [5, 5.41) is 0. The second-order valence-electron chi connectivity index (χ2n) is 5.36. The number of hydrogen-bond acceptors (Lipinski definition) is 1. The van der Waals surface area contributed by atoms with Gasteiger partial charge in [-0.15, -0.1) is 0 Å². The largest absolute Gasteiger partial charge is 0.256 e. The predicted molar refractivity (Wildman–Crippen MR) is 94.1 cm³/mol. The minimum absolute atomic E-state index is 0.324. The van der Waals surface area contributed by atoms with E-state index in [4.69, 9.17) is 4.99 Å². The lowest BCUT2D eigenvalue weighted by Gasteiger charge is -2.14. The lowest BCUT2D eigenvalue weighted by Crippen LogP contribution is -1.96. The second kappa shape index (κ2) is 6.86. The Bertz CT molecular complexity index is 745. The quantitative estimate of drug-likeness (QED) is 0.554. The molecule has 0 bridgehead atoms. The maximum absolute atomic E-state index is 4.70. The van der Waals surface area contributed by atoms with Gasteiger partial charge >= 0.3 is 0 Å². The molecule has 0 aliphatic carbocycles. The maximum Gasteiger partial charge on any atom is 0.0667 e. The number of rotatable bonds is 4. The van der Waals surface area contributed by atoms with E-state index in [9.17, 15) is 0 Å². The van der Waals surface area contributed by atoms with Gasteiger partial charge in [0.05, 0.1) is 5.69 Å². The molecule has 0 aliphatic heterocycles. The molecular weight excluding hydrogens is 266 g/mol. The summed E-state index contributed by atoms with van der Waals surface area (Å²) in [6.45, 7) is 2.23. The van der Waals surface area contributed by atoms with Crippen LogP contribution in [0.3, 0.4) is 0 Å². The average Bonchev–Trinajstić information content (AvgIpc) is 2.61. The molecule has 3 aromatic carbocycles. The van der Waals surface area contributed by atoms with Gasteiger partial charge in [0.15, 0.2) is 0 Å². The van der Waals surface area contributed by atoms with E-state index in [1.807, 2.05) is 30.5 Å². The fourth-order valence-electron chi connectivity index (χ4n) is 2.58. The first-order valence-corrected chi connectivity index (χ1v) is 7.57. The Kier molecular flexibility index (Phi) is 4.45. The van der Waals surface area contributed by atoms with Crippen molar-refractivity contribution in [1.82, 2.24) is 0 Å². The topological polar surface area (TPSA) is 12.4 Å². The number of aliphatic imine (C=N–C) groups is 1. The van der Waals surface area contributed by atoms with Crippen LogP contribution in [-0.2, 0) is 0 Å². The van der Waals surface area contributed by atoms with Crippen molar-refractivity contribution in [1.29, 1.82) is 0 Å². The van der Waals surface area contributed by atoms with E-state index < -0.39 is 0 Å². The zero-order chi connectivity index (χ0) is 15.2. The van der Waals surface area contributed by atoms with Crippen molar-refractivity contribution in [2.45, 2.75) is 12.8 Å². The zero-order valence-corrected chi connectivity index (χ0v) is 12.7. The van der Waals surface area contributed by atoms with E-state index in [-0.39, 0.29) is 0 Å². The number of benzene rings is 3. The van der Waals surface area contributed by atoms with E-state index in [1.54, 1.807) is 0 Å². The van der Waals surface area contributed by atoms with Crippen molar-refractivity contribution < 1.29 is 0 Å². The summed E-state index contributed by atoms with van der Waals surface area (Å²) < 4.78 is 0. The van der Waals surface area contributed by atoms with Crippen LogP contribution < -0.4 is 0 Å². The molecule has 0 aromatic heterocycles. The normalized spacial score (nSPS) is 12.4. The maximum atomic E-state index is 4.70. The minimum atomic E-state index is 0.324. The number of nitrogens with zero attached hydrogens (tertiary/aromatic N) is 1. The summed E-state index contributed by atoms with van der Waals surface area (Å²) in [6.07, 6.45) is 1.93. The van der Waals surface area contributed by atoms with Gasteiger partial charge in [-0.05, 0) is 22.8 Å². The van der Waals surface area contributed by atoms with Crippen molar-refractivity contribution in [3.8, 4) is 0 Å². The van der Waals surface area contributed by atoms with Crippen molar-refractivity contribution in [2.24, 2.45) is 4.99 Å². The Morgan fingerprint density at radius 3 is 2.05 bits per heavy atom. The van der Waals surface area contributed by atoms with E-state index in [0.29, 0.717) is 5.92 Å². The van der Waals surface area contributed by atoms with Gasteiger partial charge in [0, 0.05) is 12.1 Å². The third kappa shape index (κ3) is 3.32. The van der Waals surface area contributed by atoms with Crippen LogP contribution in [0.5, 0.6) is 0 Å². The molecule has 3 aromatic rings. The lowest BCUT2D eigenvalue weighted by molar-refractivity contribution is 0.922. The molecule has 108 valence electrons. The number of para-hydroxylation sites is 1. The molecule has 3 rings (SSSR count). The highest BCUT2D eigenvalue weighted by Gasteiger charge is 2.11. The highest BCUT2D eigenvalue weighted by atomic mass is 14.7. The first kappa shape index (κ1) is 14.3. The molecule has 0 aliphatic rings. The molecular formula is C21H19N. The van der Waals surface area contributed by atoms with Crippen molar-refractivity contribution in [3.05, 3.63) is 102 Å². The zero-order valence-electron chi connectivity index (χ0n) is 12.7. The van der Waals surface area contributed by atoms with Crippen LogP contribution in [0.4, 0.5) is 5.69 Å². The van der Waals surface area contributed by atoms with Gasteiger partial charge in [0.1, 0.15) is 0 Å². The summed E-state index contributed by atoms with van der Waals surface area (Å²) in [5.41, 5.74) is 4.71. The molecule has 0 saturated heterocycles. The van der Waals surface area contributed by atoms with Gasteiger partial charge in [-0.1, -0.05) is 85.8 Å². The Morgan fingerprint density at radius 1 is 0.727 bits per heavy atom. The Balaban J connectivity index is 1.92. The highest BCUT2D eigenvalue weighted by molar-refractivity contribution is 5.82. The molecule has 0 heterocycles. The second-order valence-corrected chi connectivity index (χ2v) is 5.36. The van der Waals surface area contributed by atoms with Crippen molar-refractivity contribution in [2.75, 3.05) is 0 Å². The van der Waals surface area contributed by atoms with Gasteiger partial charge in [0.25, 0.3) is 0 Å². The van der Waals surface area contributed by atoms with E-state index in [1.165, 1.54) is 11.1 Å². The fraction of sp³-hybridized carbons (Fsp3) is 0.0952. The van der Waals surface area contributed by atoms with Crippen molar-refractivity contribution >= 4 is 11.9 Å². The van der Waals surface area contributed by atoms with Gasteiger partial charge in [-0.25, -0.2) is 0 Å². The minimum Gasteiger partial charge on any atom is -0.256 e. The predicted octanol–water partition coefficient (Wildman–Crippen LogP) is 5.59. The Hall–Kier alpha value is -2.67. The van der Waals surface area contributed by atoms with Crippen LogP contribution in [0.25, 0.3) is 0 Å². The van der Waals surface area contributed by atoms with Crippen LogP contribution in [-0.4, -0.2) is 6.21 Å². The van der Waals surface area contributed by atoms with Gasteiger partial charge in [0.2, 0.25) is 0 Å². The monoisotopic (exact) mass is 285 g/mol. The van der Waals surface area contributed by atoms with Crippen LogP contribution in [0.2, 0.25) is 0 Å². The molecule has 1 nitrogen and oxygen atoms in total. The third-order valence-electron chi connectivity index (χ3n) is 3.86. The molecule has 1 atom stereocenters. The third-order valence-corrected chi connectivity index (χ3v) is 3.86. The molecule has 0 N–H and O–H groups in total. The smallest absolute Gasteiger partial charge is 0.0667 e. The van der Waals surface area contributed by atoms with E-state index in [0.717, 1.165) is 11.3 Å². The average molecular weight is 285 g/mol. The number of hydrogen-bond donors (Lipinski definition) is 0. The van der Waals surface area contributed by atoms with Crippen LogP contribution in [0.15, 0.2) is 89.9 Å². The Morgan fingerprint density at radius 2 is 1.32 bits per heavy atom. The van der Waals surface area contributed by atoms with E-state index >= 15 is 0 Å². The summed E-state index contributed by atoms with van der Waals surface area (Å²) in [7, 11) is 0. The summed E-state index contributed by atoms with van der Waals surface area (Å²) in [6, 6.07) is 29.1. The van der Waals surface area contributed by atoms with Gasteiger partial charge in [-0.3, -0.25) is 4.99 Å². The van der Waals surface area contributed by atoms with Crippen LogP contribution in [0.1, 0.15) is 29.5 Å². The summed E-state index contributed by atoms with van der Waals surface area (Å²) in [5.74, 6) is 0.324. The standard InChI is InChI=1S/C21H19N/c1-17(19-12-6-3-7-13-19)20-14-8-9-15-21(20)22-16-18-10-4-2-5-11-18/h2-17H,1H3. The van der Waals surface area contributed by atoms with Gasteiger partial charge in [-0.2, -0.15) is 0 Å². The molecule has 0 radical (unpaired) electrons. The molecule has 0 spiro atoms. The summed E-state index contributed by atoms with van der Waals surface area (Å²) in [4.78, 5) is 4.70. The van der Waals surface area contributed by atoms with E-state index in [2.05, 4.69) is 67.6 Å². The van der Waals surface area contributed by atoms with Crippen LogP contribution >= 0.6 is 0 Å². The fourth-order valence-corrected chi connectivity index (χ4v) is 2.58. The first-order chi connectivity index (χ1) is 10.8. The molecule has 0 fully saturated rings. The van der Waals surface area contributed by atoms with Gasteiger partial charge < -0.3 is 0 Å². The van der Waals surface area contributed by atoms with Crippen LogP contribution in [0, 0.1) is 0 Å². The lowest BCUT2D eigenvalue weighted by atomic mass is 9.92. The molecule has 1 heteroatoms. The molecule has 1 unspecified atom stereocenters. The molecule has 0 saturated carbocycles. The summed E-state index contributed by atoms with van der Waals surface area (Å²) >= 11 is 0. The molecule has 22 heavy (non-hydrogen) atoms. The van der Waals surface area contributed by atoms with Crippen molar-refractivity contribution in [3.63, 3.8) is 0 Å². The SMILES string of the molecule is CC(c1ccccc1)c1ccccc1N=Cc1ccccc1.